The van der Waals surface area contributed by atoms with Crippen molar-refractivity contribution >= 4 is 42.0 Å². The SMILES string of the molecule is CCCNC(=O)CNC(=O)CCC(NC(=O)COCCOCCNC(=O)CCC(NC=O)C(=O)O)C(=O)O. The first-order chi connectivity index (χ1) is 18.1. The van der Waals surface area contributed by atoms with Gasteiger partial charge in [0.2, 0.25) is 30.0 Å². The van der Waals surface area contributed by atoms with E-state index in [0.717, 1.165) is 6.42 Å². The number of nitrogens with one attached hydrogen (secondary N) is 5. The van der Waals surface area contributed by atoms with E-state index >= 15 is 0 Å². The molecule has 5 amide bonds. The van der Waals surface area contributed by atoms with E-state index in [4.69, 9.17) is 14.6 Å². The minimum Gasteiger partial charge on any atom is -0.480 e. The Balaban J connectivity index is 3.96. The van der Waals surface area contributed by atoms with Gasteiger partial charge in [-0.3, -0.25) is 24.0 Å². The van der Waals surface area contributed by atoms with Gasteiger partial charge in [-0.25, -0.2) is 9.59 Å². The Hall–Kier alpha value is -3.79. The highest BCUT2D eigenvalue weighted by Gasteiger charge is 2.21. The number of carboxylic acids is 2. The second-order valence-electron chi connectivity index (χ2n) is 7.85. The van der Waals surface area contributed by atoms with Gasteiger partial charge in [0.1, 0.15) is 18.7 Å². The standard InChI is InChI=1S/C22H37N5O11/c1-2-7-23-19(31)12-25-18(30)6-4-16(22(35)36)27-20(32)13-38-11-10-37-9-8-24-17(29)5-3-15(21(33)34)26-14-28/h14-16H,2-13H2,1H3,(H,23,31)(H,24,29)(H,25,30)(H,26,28)(H,27,32)(H,33,34)(H,35,36). The molecule has 0 saturated heterocycles. The van der Waals surface area contributed by atoms with Crippen LogP contribution in [0.15, 0.2) is 0 Å². The van der Waals surface area contributed by atoms with Gasteiger partial charge in [-0.2, -0.15) is 0 Å². The van der Waals surface area contributed by atoms with Crippen molar-refractivity contribution in [1.29, 1.82) is 0 Å². The van der Waals surface area contributed by atoms with Gasteiger partial charge in [-0.15, -0.1) is 0 Å². The number of ether oxygens (including phenoxy) is 2. The molecule has 0 bridgehead atoms. The van der Waals surface area contributed by atoms with E-state index in [0.29, 0.717) is 6.54 Å². The minimum absolute atomic E-state index is 0.0132. The molecule has 0 aromatic heterocycles. The van der Waals surface area contributed by atoms with Crippen LogP contribution in [0, 0.1) is 0 Å². The second-order valence-corrected chi connectivity index (χ2v) is 7.85. The lowest BCUT2D eigenvalue weighted by Crippen LogP contribution is -2.43. The van der Waals surface area contributed by atoms with E-state index in [-0.39, 0.29) is 70.9 Å². The summed E-state index contributed by atoms with van der Waals surface area (Å²) in [5.74, 6) is -4.56. The average Bonchev–Trinajstić information content (AvgIpc) is 2.87. The van der Waals surface area contributed by atoms with Crippen LogP contribution in [0.3, 0.4) is 0 Å². The smallest absolute Gasteiger partial charge is 0.326 e. The Labute approximate surface area is 219 Å². The molecule has 7 N–H and O–H groups in total. The fourth-order valence-corrected chi connectivity index (χ4v) is 2.73. The highest BCUT2D eigenvalue weighted by Crippen LogP contribution is 1.99. The van der Waals surface area contributed by atoms with Gasteiger partial charge in [0.25, 0.3) is 0 Å². The van der Waals surface area contributed by atoms with E-state index in [1.807, 2.05) is 6.92 Å². The molecule has 0 fully saturated rings. The zero-order valence-corrected chi connectivity index (χ0v) is 21.3. The summed E-state index contributed by atoms with van der Waals surface area (Å²) in [6.07, 6.45) is 0.446. The third kappa shape index (κ3) is 18.5. The van der Waals surface area contributed by atoms with E-state index in [2.05, 4.69) is 26.6 Å². The molecule has 38 heavy (non-hydrogen) atoms. The van der Waals surface area contributed by atoms with Crippen LogP contribution in [0.1, 0.15) is 39.0 Å². The predicted molar refractivity (Wildman–Crippen MR) is 130 cm³/mol. The van der Waals surface area contributed by atoms with Crippen LogP contribution >= 0.6 is 0 Å². The quantitative estimate of drug-likeness (QED) is 0.0506. The number of aliphatic carboxylic acids is 2. The molecule has 216 valence electrons. The first-order valence-electron chi connectivity index (χ1n) is 12.0. The lowest BCUT2D eigenvalue weighted by Gasteiger charge is -2.14. The minimum atomic E-state index is -1.32. The van der Waals surface area contributed by atoms with Crippen molar-refractivity contribution in [3.8, 4) is 0 Å². The van der Waals surface area contributed by atoms with Gasteiger partial charge in [-0.1, -0.05) is 6.92 Å². The third-order valence-electron chi connectivity index (χ3n) is 4.71. The molecule has 0 radical (unpaired) electrons. The van der Waals surface area contributed by atoms with Crippen LogP contribution in [0.2, 0.25) is 0 Å². The normalized spacial score (nSPS) is 11.9. The number of carbonyl (C=O) groups excluding carboxylic acids is 5. The fraction of sp³-hybridized carbons (Fsp3) is 0.682. The molecule has 16 heteroatoms. The van der Waals surface area contributed by atoms with Crippen molar-refractivity contribution < 1.29 is 53.2 Å². The highest BCUT2D eigenvalue weighted by atomic mass is 16.5. The monoisotopic (exact) mass is 547 g/mol. The number of carboxylic acid groups (broad SMARTS) is 2. The van der Waals surface area contributed by atoms with Crippen molar-refractivity contribution in [3.05, 3.63) is 0 Å². The Morgan fingerprint density at radius 3 is 1.92 bits per heavy atom. The predicted octanol–water partition coefficient (Wildman–Crippen LogP) is -2.89. The Morgan fingerprint density at radius 1 is 0.737 bits per heavy atom. The van der Waals surface area contributed by atoms with Crippen LogP contribution in [0.5, 0.6) is 0 Å². The summed E-state index contributed by atoms with van der Waals surface area (Å²) in [5.41, 5.74) is 0. The Morgan fingerprint density at radius 2 is 1.32 bits per heavy atom. The van der Waals surface area contributed by atoms with Crippen molar-refractivity contribution in [1.82, 2.24) is 26.6 Å². The first kappa shape index (κ1) is 34.2. The summed E-state index contributed by atoms with van der Waals surface area (Å²) in [6, 6.07) is -2.46. The van der Waals surface area contributed by atoms with Gasteiger partial charge in [-0.05, 0) is 19.3 Å². The molecule has 16 nitrogen and oxygen atoms in total. The summed E-state index contributed by atoms with van der Waals surface area (Å²) >= 11 is 0. The zero-order chi connectivity index (χ0) is 28.8. The second kappa shape index (κ2) is 21.3. The van der Waals surface area contributed by atoms with Gasteiger partial charge in [0.05, 0.1) is 26.4 Å². The summed E-state index contributed by atoms with van der Waals surface area (Å²) in [7, 11) is 0. The van der Waals surface area contributed by atoms with Gasteiger partial charge >= 0.3 is 11.9 Å². The molecule has 0 aliphatic rings. The molecule has 2 atom stereocenters. The summed E-state index contributed by atoms with van der Waals surface area (Å²) in [5, 5.41) is 29.9. The van der Waals surface area contributed by atoms with Crippen LogP contribution in [-0.2, 0) is 43.0 Å². The topological polar surface area (TPSA) is 239 Å². The molecule has 0 aliphatic heterocycles. The summed E-state index contributed by atoms with van der Waals surface area (Å²) < 4.78 is 10.3. The molecule has 0 spiro atoms. The van der Waals surface area contributed by atoms with Crippen molar-refractivity contribution in [2.75, 3.05) is 46.1 Å². The van der Waals surface area contributed by atoms with E-state index in [1.165, 1.54) is 0 Å². The number of carbonyl (C=O) groups is 7. The van der Waals surface area contributed by atoms with Crippen LogP contribution < -0.4 is 26.6 Å². The number of hydrogen-bond acceptors (Lipinski definition) is 9. The van der Waals surface area contributed by atoms with Crippen LogP contribution in [-0.4, -0.2) is 110 Å². The maximum absolute atomic E-state index is 11.9. The van der Waals surface area contributed by atoms with Crippen LogP contribution in [0.4, 0.5) is 0 Å². The Kier molecular flexibility index (Phi) is 19.2. The van der Waals surface area contributed by atoms with Crippen molar-refractivity contribution in [2.24, 2.45) is 0 Å². The maximum atomic E-state index is 11.9. The molecular weight excluding hydrogens is 510 g/mol. The van der Waals surface area contributed by atoms with Crippen LogP contribution in [0.25, 0.3) is 0 Å². The molecule has 2 unspecified atom stereocenters. The average molecular weight is 548 g/mol. The first-order valence-corrected chi connectivity index (χ1v) is 12.0. The Bertz CT molecular complexity index is 794. The highest BCUT2D eigenvalue weighted by molar-refractivity contribution is 5.86. The zero-order valence-electron chi connectivity index (χ0n) is 21.3. The molecular formula is C22H37N5O11. The van der Waals surface area contributed by atoms with Gasteiger partial charge in [0.15, 0.2) is 0 Å². The number of rotatable bonds is 23. The van der Waals surface area contributed by atoms with E-state index in [9.17, 15) is 38.7 Å². The molecule has 0 aromatic carbocycles. The van der Waals surface area contributed by atoms with Gasteiger partial charge < -0.3 is 46.3 Å². The van der Waals surface area contributed by atoms with Crippen molar-refractivity contribution in [3.63, 3.8) is 0 Å². The molecule has 0 aliphatic carbocycles. The lowest BCUT2D eigenvalue weighted by atomic mass is 10.1. The molecule has 0 aromatic rings. The number of hydrogen-bond donors (Lipinski definition) is 7. The maximum Gasteiger partial charge on any atom is 0.326 e. The largest absolute Gasteiger partial charge is 0.480 e. The third-order valence-corrected chi connectivity index (χ3v) is 4.71. The van der Waals surface area contributed by atoms with E-state index in [1.54, 1.807) is 0 Å². The summed E-state index contributed by atoms with van der Waals surface area (Å²) in [6.45, 7) is 2.07. The fourth-order valence-electron chi connectivity index (χ4n) is 2.73. The molecule has 0 rings (SSSR count). The van der Waals surface area contributed by atoms with Crippen molar-refractivity contribution in [2.45, 2.75) is 51.1 Å². The molecule has 0 saturated carbocycles. The summed E-state index contributed by atoms with van der Waals surface area (Å²) in [4.78, 5) is 79.4. The number of amides is 5. The van der Waals surface area contributed by atoms with E-state index < -0.39 is 48.4 Å². The van der Waals surface area contributed by atoms with Gasteiger partial charge in [0, 0.05) is 25.9 Å². The lowest BCUT2D eigenvalue weighted by molar-refractivity contribution is -0.143. The molecule has 0 heterocycles.